The summed E-state index contributed by atoms with van der Waals surface area (Å²) in [5.41, 5.74) is -3.24. The fraction of sp³-hybridized carbons (Fsp3) is 0.280. The summed E-state index contributed by atoms with van der Waals surface area (Å²) in [6, 6.07) is 14.3. The van der Waals surface area contributed by atoms with Crippen LogP contribution in [0.2, 0.25) is 0 Å². The van der Waals surface area contributed by atoms with E-state index < -0.39 is 41.2 Å². The molecule has 196 valence electrons. The van der Waals surface area contributed by atoms with Crippen LogP contribution in [0, 0.1) is 0 Å². The van der Waals surface area contributed by atoms with Crippen molar-refractivity contribution < 1.29 is 42.2 Å². The maximum atomic E-state index is 13.5. The Morgan fingerprint density at radius 3 is 2.43 bits per heavy atom. The number of nitrogens with one attached hydrogen (secondary N) is 1. The molecule has 1 aliphatic heterocycles. The number of fused-ring (bicyclic) bond motifs is 1. The number of benzene rings is 3. The first-order valence-electron chi connectivity index (χ1n) is 11.1. The fourth-order valence-electron chi connectivity index (χ4n) is 4.28. The smallest absolute Gasteiger partial charge is 0.446 e. The van der Waals surface area contributed by atoms with Crippen LogP contribution >= 0.6 is 11.8 Å². The summed E-state index contributed by atoms with van der Waals surface area (Å²) in [5, 5.41) is 11.2. The number of hydroxylamine groups is 1. The van der Waals surface area contributed by atoms with Crippen molar-refractivity contribution in [2.75, 3.05) is 20.8 Å². The molecule has 3 aromatic rings. The van der Waals surface area contributed by atoms with E-state index in [-0.39, 0.29) is 34.9 Å². The number of rotatable bonds is 7. The van der Waals surface area contributed by atoms with Gasteiger partial charge in [-0.25, -0.2) is 5.48 Å². The summed E-state index contributed by atoms with van der Waals surface area (Å²) in [7, 11) is 2.43. The van der Waals surface area contributed by atoms with E-state index in [1.165, 1.54) is 20.3 Å². The summed E-state index contributed by atoms with van der Waals surface area (Å²) in [6.45, 7) is -0.0418. The number of halogens is 3. The molecule has 0 unspecified atom stereocenters. The molecule has 8 nitrogen and oxygen atoms in total. The highest BCUT2D eigenvalue weighted by Gasteiger charge is 2.42. The first-order chi connectivity index (χ1) is 17.6. The van der Waals surface area contributed by atoms with Crippen molar-refractivity contribution in [2.24, 2.45) is 0 Å². The normalized spacial score (nSPS) is 17.5. The highest BCUT2D eigenvalue weighted by atomic mass is 32.2. The van der Waals surface area contributed by atoms with Gasteiger partial charge in [0, 0.05) is 12.0 Å². The van der Waals surface area contributed by atoms with E-state index >= 15 is 0 Å². The molecule has 1 heterocycles. The van der Waals surface area contributed by atoms with E-state index in [0.717, 1.165) is 21.7 Å². The molecule has 4 rings (SSSR count). The SMILES string of the molecule is COc1cc(C(=O)N2C[C@@H](Oc3ccc4ccccc4c3)C[C@@H]2C(=O)NO)cc(SC(F)(F)F)c1OC. The van der Waals surface area contributed by atoms with E-state index in [9.17, 15) is 28.0 Å². The topological polar surface area (TPSA) is 97.3 Å². The van der Waals surface area contributed by atoms with Gasteiger partial charge in [-0.1, -0.05) is 30.3 Å². The van der Waals surface area contributed by atoms with Crippen LogP contribution < -0.4 is 19.7 Å². The summed E-state index contributed by atoms with van der Waals surface area (Å²) >= 11 is -0.449. The zero-order chi connectivity index (χ0) is 26.7. The second-order valence-corrected chi connectivity index (χ2v) is 9.30. The molecule has 0 aromatic heterocycles. The molecule has 0 saturated carbocycles. The van der Waals surface area contributed by atoms with Crippen molar-refractivity contribution in [1.29, 1.82) is 0 Å². The van der Waals surface area contributed by atoms with Crippen LogP contribution in [0.25, 0.3) is 10.8 Å². The van der Waals surface area contributed by atoms with E-state index in [1.807, 2.05) is 36.4 Å². The van der Waals surface area contributed by atoms with Gasteiger partial charge in [-0.2, -0.15) is 13.2 Å². The number of carbonyl (C=O) groups is 2. The van der Waals surface area contributed by atoms with Gasteiger partial charge in [-0.15, -0.1) is 0 Å². The van der Waals surface area contributed by atoms with E-state index in [0.29, 0.717) is 5.75 Å². The van der Waals surface area contributed by atoms with Gasteiger partial charge >= 0.3 is 5.51 Å². The highest BCUT2D eigenvalue weighted by Crippen LogP contribution is 2.46. The van der Waals surface area contributed by atoms with Crippen LogP contribution in [-0.4, -0.2) is 60.3 Å². The summed E-state index contributed by atoms with van der Waals surface area (Å²) in [6.07, 6.45) is -0.556. The average molecular weight is 537 g/mol. The molecule has 0 aliphatic carbocycles. The molecule has 2 N–H and O–H groups in total. The third-order valence-electron chi connectivity index (χ3n) is 5.88. The number of carbonyl (C=O) groups excluding carboxylic acids is 2. The molecule has 1 aliphatic rings. The monoisotopic (exact) mass is 536 g/mol. The highest BCUT2D eigenvalue weighted by molar-refractivity contribution is 8.00. The Bertz CT molecular complexity index is 1320. The van der Waals surface area contributed by atoms with Gasteiger partial charge in [0.15, 0.2) is 11.5 Å². The zero-order valence-electron chi connectivity index (χ0n) is 19.7. The van der Waals surface area contributed by atoms with Crippen molar-refractivity contribution in [3.05, 3.63) is 60.2 Å². The molecule has 37 heavy (non-hydrogen) atoms. The second-order valence-electron chi connectivity index (χ2n) is 8.19. The third kappa shape index (κ3) is 5.86. The number of hydrogen-bond acceptors (Lipinski definition) is 7. The quantitative estimate of drug-likeness (QED) is 0.258. The standard InChI is InChI=1S/C25H23F3N2O6S/c1-34-20-10-16(11-21(22(20)35-2)37-25(26,27)28)24(32)30-13-18(12-19(30)23(31)29-33)36-17-8-7-14-5-3-4-6-15(14)9-17/h3-11,18-19,33H,12-13H2,1-2H3,(H,29,31)/t18-,19+/m0/s1. The van der Waals surface area contributed by atoms with E-state index in [1.54, 1.807) is 11.5 Å². The number of amides is 2. The maximum absolute atomic E-state index is 13.5. The van der Waals surface area contributed by atoms with Gasteiger partial charge in [0.05, 0.1) is 25.7 Å². The molecule has 0 radical (unpaired) electrons. The van der Waals surface area contributed by atoms with Gasteiger partial charge in [-0.05, 0) is 46.8 Å². The van der Waals surface area contributed by atoms with Crippen LogP contribution in [0.1, 0.15) is 16.8 Å². The minimum absolute atomic E-state index is 0.0418. The summed E-state index contributed by atoms with van der Waals surface area (Å²) in [5.74, 6) is -1.31. The van der Waals surface area contributed by atoms with Crippen LogP contribution in [0.3, 0.4) is 0 Å². The van der Waals surface area contributed by atoms with Gasteiger partial charge in [0.1, 0.15) is 17.9 Å². The predicted octanol–water partition coefficient (Wildman–Crippen LogP) is 4.64. The van der Waals surface area contributed by atoms with Crippen molar-refractivity contribution in [3.8, 4) is 17.2 Å². The van der Waals surface area contributed by atoms with E-state index in [2.05, 4.69) is 0 Å². The lowest BCUT2D eigenvalue weighted by Crippen LogP contribution is -2.45. The van der Waals surface area contributed by atoms with Crippen molar-refractivity contribution >= 4 is 34.3 Å². The maximum Gasteiger partial charge on any atom is 0.446 e. The molecule has 0 bridgehead atoms. The van der Waals surface area contributed by atoms with Crippen molar-refractivity contribution in [3.63, 3.8) is 0 Å². The molecule has 0 spiro atoms. The first-order valence-corrected chi connectivity index (χ1v) is 11.9. The van der Waals surface area contributed by atoms with E-state index in [4.69, 9.17) is 14.2 Å². The Labute approximate surface area is 214 Å². The molecule has 3 aromatic carbocycles. The fourth-order valence-corrected chi connectivity index (χ4v) is 4.99. The van der Waals surface area contributed by atoms with Crippen LogP contribution in [0.15, 0.2) is 59.5 Å². The predicted molar refractivity (Wildman–Crippen MR) is 129 cm³/mol. The largest absolute Gasteiger partial charge is 0.493 e. The van der Waals surface area contributed by atoms with Crippen LogP contribution in [0.5, 0.6) is 17.2 Å². The summed E-state index contributed by atoms with van der Waals surface area (Å²) < 4.78 is 55.8. The third-order valence-corrected chi connectivity index (χ3v) is 6.63. The Morgan fingerprint density at radius 1 is 1.05 bits per heavy atom. The lowest BCUT2D eigenvalue weighted by atomic mass is 10.1. The number of nitrogens with zero attached hydrogens (tertiary/aromatic N) is 1. The molecular weight excluding hydrogens is 513 g/mol. The molecular formula is C25H23F3N2O6S. The zero-order valence-corrected chi connectivity index (χ0v) is 20.6. The van der Waals surface area contributed by atoms with Gasteiger partial charge in [0.25, 0.3) is 11.8 Å². The number of methoxy groups -OCH3 is 2. The van der Waals surface area contributed by atoms with Crippen molar-refractivity contribution in [2.45, 2.75) is 29.0 Å². The lowest BCUT2D eigenvalue weighted by Gasteiger charge is -2.24. The number of hydrogen-bond donors (Lipinski definition) is 2. The molecule has 12 heteroatoms. The Hall–Kier alpha value is -3.64. The number of ether oxygens (including phenoxy) is 3. The first kappa shape index (κ1) is 26.4. The van der Waals surface area contributed by atoms with Crippen molar-refractivity contribution in [1.82, 2.24) is 10.4 Å². The Kier molecular flexibility index (Phi) is 7.69. The summed E-state index contributed by atoms with van der Waals surface area (Å²) in [4.78, 5) is 26.6. The van der Waals surface area contributed by atoms with Crippen LogP contribution in [-0.2, 0) is 4.79 Å². The number of thioether (sulfide) groups is 1. The van der Waals surface area contributed by atoms with Gasteiger partial charge in [0.2, 0.25) is 0 Å². The minimum Gasteiger partial charge on any atom is -0.493 e. The van der Waals surface area contributed by atoms with Crippen LogP contribution in [0.4, 0.5) is 13.2 Å². The Balaban J connectivity index is 1.63. The lowest BCUT2D eigenvalue weighted by molar-refractivity contribution is -0.133. The average Bonchev–Trinajstić information content (AvgIpc) is 3.29. The minimum atomic E-state index is -4.65. The van der Waals surface area contributed by atoms with Gasteiger partial charge < -0.3 is 19.1 Å². The molecule has 1 saturated heterocycles. The Morgan fingerprint density at radius 2 is 1.78 bits per heavy atom. The molecule has 2 amide bonds. The number of likely N-dealkylation sites (tertiary alicyclic amines) is 1. The number of alkyl halides is 3. The van der Waals surface area contributed by atoms with Gasteiger partial charge in [-0.3, -0.25) is 14.8 Å². The molecule has 2 atom stereocenters. The second kappa shape index (κ2) is 10.8. The molecule has 1 fully saturated rings.